The van der Waals surface area contributed by atoms with Gasteiger partial charge >= 0.3 is 0 Å². The van der Waals surface area contributed by atoms with Crippen molar-refractivity contribution in [3.63, 3.8) is 0 Å². The van der Waals surface area contributed by atoms with Crippen LogP contribution in [0.15, 0.2) is 24.4 Å². The van der Waals surface area contributed by atoms with E-state index in [0.29, 0.717) is 12.1 Å². The number of rotatable bonds is 7. The summed E-state index contributed by atoms with van der Waals surface area (Å²) >= 11 is 0. The Kier molecular flexibility index (Phi) is 13.1. The Morgan fingerprint density at radius 2 is 1.82 bits per heavy atom. The monoisotopic (exact) mass is 277 g/mol. The van der Waals surface area contributed by atoms with E-state index < -0.39 is 0 Å². The number of hydrogen-bond acceptors (Lipinski definition) is 2. The first-order valence-electron chi connectivity index (χ1n) is 5.79. The summed E-state index contributed by atoms with van der Waals surface area (Å²) < 4.78 is 0. The molecule has 1 aromatic rings. The summed E-state index contributed by atoms with van der Waals surface area (Å²) in [7, 11) is 0. The molecule has 0 aliphatic carbocycles. The maximum atomic E-state index is 11.6. The highest BCUT2D eigenvalue weighted by Gasteiger charge is 2.05. The minimum atomic E-state index is 0. The van der Waals surface area contributed by atoms with Crippen molar-refractivity contribution in [2.45, 2.75) is 45.4 Å². The summed E-state index contributed by atoms with van der Waals surface area (Å²) in [5.41, 5.74) is 0.605. The van der Waals surface area contributed by atoms with E-state index in [0.717, 1.165) is 12.8 Å². The van der Waals surface area contributed by atoms with Gasteiger partial charge in [0.15, 0.2) is 5.78 Å². The molecular formula is C13H21Cl2NO. The average molecular weight is 278 g/mol. The zero-order valence-corrected chi connectivity index (χ0v) is 11.9. The van der Waals surface area contributed by atoms with Gasteiger partial charge in [-0.25, -0.2) is 0 Å². The van der Waals surface area contributed by atoms with Crippen molar-refractivity contribution in [1.29, 1.82) is 0 Å². The van der Waals surface area contributed by atoms with Crippen LogP contribution in [0.3, 0.4) is 0 Å². The lowest BCUT2D eigenvalue weighted by Crippen LogP contribution is -2.01. The third kappa shape index (κ3) is 8.17. The van der Waals surface area contributed by atoms with Gasteiger partial charge in [-0.15, -0.1) is 24.8 Å². The third-order valence-electron chi connectivity index (χ3n) is 2.46. The van der Waals surface area contributed by atoms with Crippen LogP contribution in [0.4, 0.5) is 0 Å². The van der Waals surface area contributed by atoms with Gasteiger partial charge in [0, 0.05) is 12.6 Å². The van der Waals surface area contributed by atoms with E-state index in [1.54, 1.807) is 12.3 Å². The van der Waals surface area contributed by atoms with Gasteiger partial charge in [0.25, 0.3) is 0 Å². The quantitative estimate of drug-likeness (QED) is 0.544. The summed E-state index contributed by atoms with van der Waals surface area (Å²) in [6, 6.07) is 5.48. The van der Waals surface area contributed by atoms with Gasteiger partial charge in [0.05, 0.1) is 0 Å². The molecule has 0 saturated carbocycles. The van der Waals surface area contributed by atoms with E-state index in [-0.39, 0.29) is 30.6 Å². The predicted molar refractivity (Wildman–Crippen MR) is 76.4 cm³/mol. The Morgan fingerprint density at radius 3 is 2.41 bits per heavy atom. The standard InChI is InChI=1S/C13H19NO.2ClH/c1-2-3-4-5-6-10-13(15)12-9-7-8-11-14-12;;/h7-9,11H,2-6,10H2,1H3;2*1H. The number of halogens is 2. The summed E-state index contributed by atoms with van der Waals surface area (Å²) in [6.45, 7) is 2.19. The molecule has 1 rings (SSSR count). The van der Waals surface area contributed by atoms with E-state index in [2.05, 4.69) is 11.9 Å². The average Bonchev–Trinajstić information content (AvgIpc) is 2.30. The number of nitrogens with zero attached hydrogens (tertiary/aromatic N) is 1. The van der Waals surface area contributed by atoms with Crippen molar-refractivity contribution in [3.8, 4) is 0 Å². The number of unbranched alkanes of at least 4 members (excludes halogenated alkanes) is 4. The van der Waals surface area contributed by atoms with Crippen molar-refractivity contribution in [2.24, 2.45) is 0 Å². The molecule has 0 atom stereocenters. The lowest BCUT2D eigenvalue weighted by atomic mass is 10.1. The van der Waals surface area contributed by atoms with Gasteiger partial charge < -0.3 is 0 Å². The fraction of sp³-hybridized carbons (Fsp3) is 0.538. The maximum absolute atomic E-state index is 11.6. The minimum absolute atomic E-state index is 0. The van der Waals surface area contributed by atoms with Crippen molar-refractivity contribution in [3.05, 3.63) is 30.1 Å². The SMILES string of the molecule is CCCCCCCC(=O)c1ccccn1.Cl.Cl. The number of ketones is 1. The third-order valence-corrected chi connectivity index (χ3v) is 2.46. The summed E-state index contributed by atoms with van der Waals surface area (Å²) in [4.78, 5) is 15.7. The zero-order chi connectivity index (χ0) is 10.9. The molecule has 0 aliphatic heterocycles. The molecule has 98 valence electrons. The lowest BCUT2D eigenvalue weighted by molar-refractivity contribution is 0.0974. The molecule has 0 spiro atoms. The Bertz CT molecular complexity index is 291. The van der Waals surface area contributed by atoms with Crippen LogP contribution in [-0.2, 0) is 0 Å². The van der Waals surface area contributed by atoms with E-state index in [9.17, 15) is 4.79 Å². The van der Waals surface area contributed by atoms with Crippen molar-refractivity contribution >= 4 is 30.6 Å². The number of Topliss-reactive ketones (excluding diaryl/α,β-unsaturated/α-hetero) is 1. The van der Waals surface area contributed by atoms with Crippen LogP contribution in [-0.4, -0.2) is 10.8 Å². The summed E-state index contributed by atoms with van der Waals surface area (Å²) in [5, 5.41) is 0. The topological polar surface area (TPSA) is 30.0 Å². The number of hydrogen-bond donors (Lipinski definition) is 0. The van der Waals surface area contributed by atoms with Gasteiger partial charge in [0.1, 0.15) is 5.69 Å². The Labute approximate surface area is 116 Å². The molecule has 0 fully saturated rings. The first-order chi connectivity index (χ1) is 7.34. The maximum Gasteiger partial charge on any atom is 0.181 e. The van der Waals surface area contributed by atoms with Crippen LogP contribution in [0.25, 0.3) is 0 Å². The highest BCUT2D eigenvalue weighted by molar-refractivity contribution is 5.94. The molecule has 0 N–H and O–H groups in total. The molecule has 0 aromatic carbocycles. The molecule has 1 heterocycles. The second-order valence-corrected chi connectivity index (χ2v) is 3.80. The molecule has 0 amide bonds. The van der Waals surface area contributed by atoms with Crippen LogP contribution in [0.1, 0.15) is 55.9 Å². The van der Waals surface area contributed by atoms with Gasteiger partial charge in [0.2, 0.25) is 0 Å². The first kappa shape index (κ1) is 18.8. The number of carbonyl (C=O) groups is 1. The van der Waals surface area contributed by atoms with E-state index in [1.165, 1.54) is 19.3 Å². The number of carbonyl (C=O) groups excluding carboxylic acids is 1. The van der Waals surface area contributed by atoms with Crippen molar-refractivity contribution in [2.75, 3.05) is 0 Å². The minimum Gasteiger partial charge on any atom is -0.292 e. The highest BCUT2D eigenvalue weighted by atomic mass is 35.5. The fourth-order valence-electron chi connectivity index (χ4n) is 1.54. The Morgan fingerprint density at radius 1 is 1.12 bits per heavy atom. The molecule has 0 aliphatic rings. The van der Waals surface area contributed by atoms with E-state index >= 15 is 0 Å². The second-order valence-electron chi connectivity index (χ2n) is 3.80. The molecule has 0 unspecified atom stereocenters. The van der Waals surface area contributed by atoms with E-state index in [1.807, 2.05) is 12.1 Å². The largest absolute Gasteiger partial charge is 0.292 e. The molecular weight excluding hydrogens is 257 g/mol. The van der Waals surface area contributed by atoms with Crippen LogP contribution in [0.2, 0.25) is 0 Å². The molecule has 4 heteroatoms. The smallest absolute Gasteiger partial charge is 0.181 e. The normalized spacial score (nSPS) is 9.00. The zero-order valence-electron chi connectivity index (χ0n) is 10.2. The molecule has 0 saturated heterocycles. The molecule has 2 nitrogen and oxygen atoms in total. The summed E-state index contributed by atoms with van der Waals surface area (Å²) in [6.07, 6.45) is 8.23. The predicted octanol–water partition coefficient (Wildman–Crippen LogP) is 4.47. The summed E-state index contributed by atoms with van der Waals surface area (Å²) in [5.74, 6) is 0.173. The van der Waals surface area contributed by atoms with Crippen LogP contribution < -0.4 is 0 Å². The van der Waals surface area contributed by atoms with Gasteiger partial charge in [-0.3, -0.25) is 9.78 Å². The van der Waals surface area contributed by atoms with Gasteiger partial charge in [-0.1, -0.05) is 38.7 Å². The second kappa shape index (κ2) is 11.9. The molecule has 17 heavy (non-hydrogen) atoms. The molecule has 1 aromatic heterocycles. The van der Waals surface area contributed by atoms with Gasteiger partial charge in [-0.05, 0) is 18.6 Å². The van der Waals surface area contributed by atoms with Crippen LogP contribution >= 0.6 is 24.8 Å². The fourth-order valence-corrected chi connectivity index (χ4v) is 1.54. The highest BCUT2D eigenvalue weighted by Crippen LogP contribution is 2.08. The van der Waals surface area contributed by atoms with Crippen molar-refractivity contribution in [1.82, 2.24) is 4.98 Å². The Hall–Kier alpha value is -0.600. The lowest BCUT2D eigenvalue weighted by Gasteiger charge is -2.00. The van der Waals surface area contributed by atoms with Crippen LogP contribution in [0, 0.1) is 0 Å². The number of aromatic nitrogens is 1. The van der Waals surface area contributed by atoms with Crippen molar-refractivity contribution < 1.29 is 4.79 Å². The van der Waals surface area contributed by atoms with E-state index in [4.69, 9.17) is 0 Å². The molecule has 0 bridgehead atoms. The molecule has 0 radical (unpaired) electrons. The Balaban J connectivity index is 0. The van der Waals surface area contributed by atoms with Crippen LogP contribution in [0.5, 0.6) is 0 Å². The van der Waals surface area contributed by atoms with Gasteiger partial charge in [-0.2, -0.15) is 0 Å². The number of pyridine rings is 1. The first-order valence-corrected chi connectivity index (χ1v) is 5.79.